The molecule has 0 N–H and O–H groups in total. The Bertz CT molecular complexity index is 1660. The molecule has 33 heavy (non-hydrogen) atoms. The van der Waals surface area contributed by atoms with Crippen molar-refractivity contribution in [3.8, 4) is 11.4 Å². The predicted molar refractivity (Wildman–Crippen MR) is 124 cm³/mol. The Balaban J connectivity index is 1.88. The molecular weight excluding hydrogens is 485 g/mol. The molecule has 0 spiro atoms. The molecule has 8 nitrogen and oxygen atoms in total. The van der Waals surface area contributed by atoms with E-state index in [1.807, 2.05) is 6.07 Å². The molecule has 0 fully saturated rings. The van der Waals surface area contributed by atoms with Crippen LogP contribution in [0.5, 0.6) is 0 Å². The molecule has 5 rings (SSSR count). The smallest absolute Gasteiger partial charge is 0.266 e. The second kappa shape index (κ2) is 8.11. The minimum absolute atomic E-state index is 0.0111. The first-order chi connectivity index (χ1) is 15.9. The SMILES string of the molecule is O=c1c2nnn(-c3ccccc3)c2nc(S(=O)(=O)c2cccc(Cl)c2)n1-c1ccc(Cl)cc1. The van der Waals surface area contributed by atoms with Crippen molar-refractivity contribution >= 4 is 44.2 Å². The van der Waals surface area contributed by atoms with Crippen molar-refractivity contribution in [2.24, 2.45) is 0 Å². The van der Waals surface area contributed by atoms with Gasteiger partial charge in [-0.3, -0.25) is 4.79 Å². The number of rotatable bonds is 4. The van der Waals surface area contributed by atoms with Crippen molar-refractivity contribution in [1.29, 1.82) is 0 Å². The van der Waals surface area contributed by atoms with Gasteiger partial charge in [0.15, 0.2) is 11.2 Å². The van der Waals surface area contributed by atoms with Crippen molar-refractivity contribution in [3.63, 3.8) is 0 Å². The summed E-state index contributed by atoms with van der Waals surface area (Å²) in [5.74, 6) is 0. The van der Waals surface area contributed by atoms with Crippen molar-refractivity contribution in [3.05, 3.63) is 99.3 Å². The lowest BCUT2D eigenvalue weighted by Gasteiger charge is -2.13. The third-order valence-electron chi connectivity index (χ3n) is 4.88. The topological polar surface area (TPSA) is 99.7 Å². The van der Waals surface area contributed by atoms with Crippen LogP contribution in [0.15, 0.2) is 93.7 Å². The zero-order valence-electron chi connectivity index (χ0n) is 16.6. The van der Waals surface area contributed by atoms with E-state index in [-0.39, 0.29) is 26.8 Å². The van der Waals surface area contributed by atoms with Gasteiger partial charge < -0.3 is 0 Å². The number of hydrogen-bond acceptors (Lipinski definition) is 6. The molecule has 164 valence electrons. The fourth-order valence-electron chi connectivity index (χ4n) is 3.33. The van der Waals surface area contributed by atoms with Crippen LogP contribution in [0.1, 0.15) is 0 Å². The molecule has 0 amide bonds. The Morgan fingerprint density at radius 1 is 0.788 bits per heavy atom. The zero-order chi connectivity index (χ0) is 23.2. The Labute approximate surface area is 197 Å². The van der Waals surface area contributed by atoms with Gasteiger partial charge in [0.1, 0.15) is 0 Å². The maximum atomic E-state index is 13.7. The number of sulfone groups is 1. The summed E-state index contributed by atoms with van der Waals surface area (Å²) in [5, 5.41) is 8.18. The van der Waals surface area contributed by atoms with Crippen molar-refractivity contribution in [2.75, 3.05) is 0 Å². The van der Waals surface area contributed by atoms with E-state index in [2.05, 4.69) is 15.3 Å². The molecule has 0 aliphatic heterocycles. The van der Waals surface area contributed by atoms with Gasteiger partial charge in [0.2, 0.25) is 15.0 Å². The highest BCUT2D eigenvalue weighted by atomic mass is 35.5. The molecule has 0 unspecified atom stereocenters. The molecular formula is C22H13Cl2N5O3S. The summed E-state index contributed by atoms with van der Waals surface area (Å²) in [7, 11) is -4.28. The average Bonchev–Trinajstić information content (AvgIpc) is 3.25. The number of nitrogens with zero attached hydrogens (tertiary/aromatic N) is 5. The lowest BCUT2D eigenvalue weighted by atomic mass is 10.3. The van der Waals surface area contributed by atoms with E-state index >= 15 is 0 Å². The molecule has 0 radical (unpaired) electrons. The van der Waals surface area contributed by atoms with Crippen LogP contribution in [0.25, 0.3) is 22.5 Å². The number of fused-ring (bicyclic) bond motifs is 1. The van der Waals surface area contributed by atoms with E-state index in [0.29, 0.717) is 10.7 Å². The summed E-state index contributed by atoms with van der Waals surface area (Å²) in [6.45, 7) is 0. The molecule has 0 atom stereocenters. The molecule has 2 aromatic heterocycles. The molecule has 11 heteroatoms. The monoisotopic (exact) mass is 497 g/mol. The van der Waals surface area contributed by atoms with Crippen LogP contribution in [-0.2, 0) is 9.84 Å². The van der Waals surface area contributed by atoms with Crippen LogP contribution in [0.3, 0.4) is 0 Å². The van der Waals surface area contributed by atoms with Crippen LogP contribution < -0.4 is 5.56 Å². The van der Waals surface area contributed by atoms with Crippen LogP contribution in [0.2, 0.25) is 10.0 Å². The van der Waals surface area contributed by atoms with Crippen molar-refractivity contribution < 1.29 is 8.42 Å². The Morgan fingerprint density at radius 3 is 2.21 bits per heavy atom. The van der Waals surface area contributed by atoms with E-state index in [0.717, 1.165) is 4.57 Å². The fourth-order valence-corrected chi connectivity index (χ4v) is 5.10. The summed E-state index contributed by atoms with van der Waals surface area (Å²) < 4.78 is 29.6. The molecule has 5 aromatic rings. The van der Waals surface area contributed by atoms with Crippen LogP contribution in [-0.4, -0.2) is 33.0 Å². The number of hydrogen-bond donors (Lipinski definition) is 0. The van der Waals surface area contributed by atoms with Gasteiger partial charge in [-0.15, -0.1) is 5.10 Å². The summed E-state index contributed by atoms with van der Waals surface area (Å²) in [4.78, 5) is 17.8. The molecule has 0 saturated carbocycles. The highest BCUT2D eigenvalue weighted by Gasteiger charge is 2.29. The quantitative estimate of drug-likeness (QED) is 0.346. The Kier molecular flexibility index (Phi) is 5.24. The van der Waals surface area contributed by atoms with Gasteiger partial charge in [-0.1, -0.05) is 52.7 Å². The van der Waals surface area contributed by atoms with Crippen LogP contribution in [0.4, 0.5) is 0 Å². The number of benzene rings is 3. The first kappa shape index (κ1) is 21.3. The van der Waals surface area contributed by atoms with Gasteiger partial charge >= 0.3 is 0 Å². The third-order valence-corrected chi connectivity index (χ3v) is 6.99. The average molecular weight is 498 g/mol. The molecule has 0 saturated heterocycles. The minimum atomic E-state index is -4.28. The number of aromatic nitrogens is 5. The van der Waals surface area contributed by atoms with E-state index in [1.54, 1.807) is 42.5 Å². The predicted octanol–water partition coefficient (Wildman–Crippen LogP) is 4.11. The molecule has 2 heterocycles. The molecule has 0 bridgehead atoms. The van der Waals surface area contributed by atoms with E-state index in [4.69, 9.17) is 23.2 Å². The van der Waals surface area contributed by atoms with Crippen LogP contribution in [0, 0.1) is 0 Å². The zero-order valence-corrected chi connectivity index (χ0v) is 19.0. The van der Waals surface area contributed by atoms with Crippen LogP contribution >= 0.6 is 23.2 Å². The van der Waals surface area contributed by atoms with Gasteiger partial charge in [-0.05, 0) is 54.6 Å². The van der Waals surface area contributed by atoms with Gasteiger partial charge in [-0.25, -0.2) is 13.0 Å². The van der Waals surface area contributed by atoms with Crippen molar-refractivity contribution in [2.45, 2.75) is 10.1 Å². The summed E-state index contributed by atoms with van der Waals surface area (Å²) >= 11 is 12.0. The van der Waals surface area contributed by atoms with Gasteiger partial charge in [0.25, 0.3) is 5.56 Å². The summed E-state index contributed by atoms with van der Waals surface area (Å²) in [5.41, 5.74) is 0.0666. The number of para-hydroxylation sites is 1. The number of halogens is 2. The van der Waals surface area contributed by atoms with E-state index in [1.165, 1.54) is 35.0 Å². The first-order valence-corrected chi connectivity index (χ1v) is 11.8. The summed E-state index contributed by atoms with van der Waals surface area (Å²) in [6.07, 6.45) is 0. The fraction of sp³-hybridized carbons (Fsp3) is 0. The highest BCUT2D eigenvalue weighted by molar-refractivity contribution is 7.91. The largest absolute Gasteiger partial charge is 0.289 e. The highest BCUT2D eigenvalue weighted by Crippen LogP contribution is 2.25. The normalized spacial score (nSPS) is 11.7. The molecule has 3 aromatic carbocycles. The van der Waals surface area contributed by atoms with Gasteiger partial charge in [-0.2, -0.15) is 9.67 Å². The second-order valence-corrected chi connectivity index (χ2v) is 9.70. The Morgan fingerprint density at radius 2 is 1.52 bits per heavy atom. The first-order valence-electron chi connectivity index (χ1n) is 9.57. The van der Waals surface area contributed by atoms with Crippen molar-refractivity contribution in [1.82, 2.24) is 24.5 Å². The standard InChI is InChI=1S/C22H13Cl2N5O3S/c23-14-9-11-16(12-10-14)28-21(30)19-20(29(27-26-19)17-6-2-1-3-7-17)25-22(28)33(31,32)18-8-4-5-15(24)13-18/h1-13H. The van der Waals surface area contributed by atoms with E-state index in [9.17, 15) is 13.2 Å². The van der Waals surface area contributed by atoms with Gasteiger partial charge in [0.05, 0.1) is 16.3 Å². The lowest BCUT2D eigenvalue weighted by molar-refractivity contribution is 0.580. The maximum absolute atomic E-state index is 13.7. The second-order valence-electron chi connectivity index (χ2n) is 6.98. The molecule has 0 aliphatic rings. The lowest BCUT2D eigenvalue weighted by Crippen LogP contribution is -2.27. The maximum Gasteiger partial charge on any atom is 0.289 e. The molecule has 0 aliphatic carbocycles. The third kappa shape index (κ3) is 3.70. The summed E-state index contributed by atoms with van der Waals surface area (Å²) in [6, 6.07) is 20.7. The van der Waals surface area contributed by atoms with E-state index < -0.39 is 20.6 Å². The Hall–Kier alpha value is -3.53. The minimum Gasteiger partial charge on any atom is -0.266 e. The van der Waals surface area contributed by atoms with Gasteiger partial charge in [0, 0.05) is 10.0 Å².